The first-order valence-corrected chi connectivity index (χ1v) is 10.2. The Morgan fingerprint density at radius 2 is 1.85 bits per heavy atom. The molecule has 1 fully saturated rings. The van der Waals surface area contributed by atoms with Crippen LogP contribution in [0.3, 0.4) is 0 Å². The Hall–Kier alpha value is -1.93. The van der Waals surface area contributed by atoms with Crippen molar-refractivity contribution >= 4 is 21.9 Å². The lowest BCUT2D eigenvalue weighted by molar-refractivity contribution is -0.137. The van der Waals surface area contributed by atoms with E-state index < -0.39 is 28.4 Å². The number of sulfonamides is 1. The van der Waals surface area contributed by atoms with E-state index in [1.165, 1.54) is 33.5 Å². The smallest absolute Gasteiger partial charge is 0.323 e. The maximum absolute atomic E-state index is 13.0. The average Bonchev–Trinajstić information content (AvgIpc) is 2.58. The predicted octanol–water partition coefficient (Wildman–Crippen LogP) is 1.90. The van der Waals surface area contributed by atoms with Crippen molar-refractivity contribution in [2.75, 3.05) is 26.2 Å². The van der Waals surface area contributed by atoms with Crippen molar-refractivity contribution in [1.29, 1.82) is 0 Å². The number of nitrogens with zero attached hydrogens (tertiary/aromatic N) is 2. The molecule has 144 valence electrons. The van der Waals surface area contributed by atoms with E-state index in [4.69, 9.17) is 5.11 Å². The van der Waals surface area contributed by atoms with Crippen LogP contribution in [0.25, 0.3) is 0 Å². The summed E-state index contributed by atoms with van der Waals surface area (Å²) in [6.45, 7) is 6.47. The molecule has 1 aromatic rings. The van der Waals surface area contributed by atoms with E-state index in [0.29, 0.717) is 13.1 Å². The molecule has 0 radical (unpaired) electrons. The standard InChI is InChI=1S/C18H26N2O5S/c1-4-19(12-17(21)22)18(23)15-6-5-7-16(9-15)26(24,25)20-10-13(2)8-14(3)11-20/h5-7,9,13-14H,4,8,10-12H2,1-3H3,(H,21,22). The number of carboxylic acid groups (broad SMARTS) is 1. The molecule has 1 saturated heterocycles. The van der Waals surface area contributed by atoms with E-state index in [9.17, 15) is 18.0 Å². The second kappa shape index (κ2) is 8.18. The SMILES string of the molecule is CCN(CC(=O)O)C(=O)c1cccc(S(=O)(=O)N2CC(C)CC(C)C2)c1. The zero-order chi connectivity index (χ0) is 19.5. The fourth-order valence-electron chi connectivity index (χ4n) is 3.41. The van der Waals surface area contributed by atoms with Crippen molar-refractivity contribution in [1.82, 2.24) is 9.21 Å². The van der Waals surface area contributed by atoms with E-state index in [2.05, 4.69) is 0 Å². The summed E-state index contributed by atoms with van der Waals surface area (Å²) < 4.78 is 27.4. The van der Waals surface area contributed by atoms with Crippen LogP contribution in [0.4, 0.5) is 0 Å². The van der Waals surface area contributed by atoms with Gasteiger partial charge in [-0.25, -0.2) is 8.42 Å². The number of hydrogen-bond donors (Lipinski definition) is 1. The number of carbonyl (C=O) groups excluding carboxylic acids is 1. The summed E-state index contributed by atoms with van der Waals surface area (Å²) in [5, 5.41) is 8.92. The highest BCUT2D eigenvalue weighted by molar-refractivity contribution is 7.89. The Morgan fingerprint density at radius 3 is 2.38 bits per heavy atom. The minimum absolute atomic E-state index is 0.0658. The summed E-state index contributed by atoms with van der Waals surface area (Å²) in [6.07, 6.45) is 0.991. The van der Waals surface area contributed by atoms with Crippen LogP contribution in [0.5, 0.6) is 0 Å². The quantitative estimate of drug-likeness (QED) is 0.811. The normalized spacial score (nSPS) is 21.3. The van der Waals surface area contributed by atoms with Gasteiger partial charge >= 0.3 is 5.97 Å². The minimum atomic E-state index is -3.69. The van der Waals surface area contributed by atoms with Gasteiger partial charge < -0.3 is 10.0 Å². The molecule has 1 aromatic carbocycles. The third-order valence-corrected chi connectivity index (χ3v) is 6.38. The van der Waals surface area contributed by atoms with Crippen molar-refractivity contribution in [3.8, 4) is 0 Å². The van der Waals surface area contributed by atoms with Crippen LogP contribution in [0, 0.1) is 11.8 Å². The number of likely N-dealkylation sites (N-methyl/N-ethyl adjacent to an activating group) is 1. The minimum Gasteiger partial charge on any atom is -0.480 e. The molecule has 0 bridgehead atoms. The summed E-state index contributed by atoms with van der Waals surface area (Å²) in [6, 6.07) is 5.84. The van der Waals surface area contributed by atoms with E-state index in [-0.39, 0.29) is 28.8 Å². The molecule has 8 heteroatoms. The molecule has 26 heavy (non-hydrogen) atoms. The van der Waals surface area contributed by atoms with Gasteiger partial charge in [0.25, 0.3) is 5.91 Å². The molecule has 0 saturated carbocycles. The van der Waals surface area contributed by atoms with Crippen LogP contribution in [0.2, 0.25) is 0 Å². The summed E-state index contributed by atoms with van der Waals surface area (Å²) in [4.78, 5) is 24.7. The van der Waals surface area contributed by atoms with Crippen LogP contribution < -0.4 is 0 Å². The molecule has 2 atom stereocenters. The van der Waals surface area contributed by atoms with Gasteiger partial charge in [0.05, 0.1) is 4.90 Å². The van der Waals surface area contributed by atoms with Crippen LogP contribution in [-0.4, -0.2) is 60.8 Å². The second-order valence-corrected chi connectivity index (χ2v) is 8.95. The highest BCUT2D eigenvalue weighted by Crippen LogP contribution is 2.27. The highest BCUT2D eigenvalue weighted by Gasteiger charge is 2.32. The average molecular weight is 382 g/mol. The maximum atomic E-state index is 13.0. The Morgan fingerprint density at radius 1 is 1.23 bits per heavy atom. The lowest BCUT2D eigenvalue weighted by Gasteiger charge is -2.34. The van der Waals surface area contributed by atoms with Crippen molar-refractivity contribution in [2.45, 2.75) is 32.1 Å². The highest BCUT2D eigenvalue weighted by atomic mass is 32.2. The van der Waals surface area contributed by atoms with Gasteiger partial charge in [-0.2, -0.15) is 4.31 Å². The number of amides is 1. The Kier molecular flexibility index (Phi) is 6.41. The largest absolute Gasteiger partial charge is 0.480 e. The zero-order valence-corrected chi connectivity index (χ0v) is 16.2. The third kappa shape index (κ3) is 4.62. The fraction of sp³-hybridized carbons (Fsp3) is 0.556. The molecular formula is C18H26N2O5S. The molecule has 1 aliphatic heterocycles. The topological polar surface area (TPSA) is 95.0 Å². The van der Waals surface area contributed by atoms with Crippen molar-refractivity contribution in [3.05, 3.63) is 29.8 Å². The Balaban J connectivity index is 2.30. The van der Waals surface area contributed by atoms with Crippen LogP contribution >= 0.6 is 0 Å². The molecule has 2 rings (SSSR count). The van der Waals surface area contributed by atoms with E-state index in [1.807, 2.05) is 13.8 Å². The van der Waals surface area contributed by atoms with Crippen LogP contribution in [0.1, 0.15) is 37.6 Å². The van der Waals surface area contributed by atoms with Crippen molar-refractivity contribution in [2.24, 2.45) is 11.8 Å². The zero-order valence-electron chi connectivity index (χ0n) is 15.4. The second-order valence-electron chi connectivity index (χ2n) is 7.01. The monoisotopic (exact) mass is 382 g/mol. The lowest BCUT2D eigenvalue weighted by atomic mass is 9.94. The van der Waals surface area contributed by atoms with Gasteiger partial charge in [0, 0.05) is 25.2 Å². The first kappa shape index (κ1) is 20.4. The molecule has 0 aliphatic carbocycles. The molecule has 1 aliphatic rings. The third-order valence-electron chi connectivity index (χ3n) is 4.55. The number of hydrogen-bond acceptors (Lipinski definition) is 4. The Bertz CT molecular complexity index is 768. The number of benzene rings is 1. The first-order chi connectivity index (χ1) is 12.1. The van der Waals surface area contributed by atoms with Gasteiger partial charge in [0.1, 0.15) is 6.54 Å². The summed E-state index contributed by atoms with van der Waals surface area (Å²) in [5.74, 6) is -1.04. The molecular weight excluding hydrogens is 356 g/mol. The molecule has 2 unspecified atom stereocenters. The van der Waals surface area contributed by atoms with Gasteiger partial charge in [0.2, 0.25) is 10.0 Å². The molecule has 0 aromatic heterocycles. The molecule has 0 spiro atoms. The number of carbonyl (C=O) groups is 2. The molecule has 1 heterocycles. The molecule has 7 nitrogen and oxygen atoms in total. The van der Waals surface area contributed by atoms with Crippen molar-refractivity contribution in [3.63, 3.8) is 0 Å². The fourth-order valence-corrected chi connectivity index (χ4v) is 5.14. The van der Waals surface area contributed by atoms with Gasteiger partial charge in [-0.15, -0.1) is 0 Å². The van der Waals surface area contributed by atoms with Crippen LogP contribution in [0.15, 0.2) is 29.2 Å². The van der Waals surface area contributed by atoms with Gasteiger partial charge in [-0.1, -0.05) is 19.9 Å². The first-order valence-electron chi connectivity index (χ1n) is 8.76. The van der Waals surface area contributed by atoms with Crippen LogP contribution in [-0.2, 0) is 14.8 Å². The molecule has 1 N–H and O–H groups in total. The summed E-state index contributed by atoms with van der Waals surface area (Å²) in [7, 11) is -3.69. The van der Waals surface area contributed by atoms with Gasteiger partial charge in [0.15, 0.2) is 0 Å². The summed E-state index contributed by atoms with van der Waals surface area (Å²) >= 11 is 0. The predicted molar refractivity (Wildman–Crippen MR) is 97.4 cm³/mol. The number of carboxylic acids is 1. The maximum Gasteiger partial charge on any atom is 0.323 e. The van der Waals surface area contributed by atoms with Crippen molar-refractivity contribution < 1.29 is 23.1 Å². The summed E-state index contributed by atoms with van der Waals surface area (Å²) in [5.41, 5.74) is 0.173. The van der Waals surface area contributed by atoms with Gasteiger partial charge in [-0.3, -0.25) is 9.59 Å². The number of aliphatic carboxylic acids is 1. The lowest BCUT2D eigenvalue weighted by Crippen LogP contribution is -2.42. The number of piperidine rings is 1. The van der Waals surface area contributed by atoms with E-state index in [1.54, 1.807) is 6.92 Å². The van der Waals surface area contributed by atoms with E-state index in [0.717, 1.165) is 6.42 Å². The number of rotatable bonds is 6. The van der Waals surface area contributed by atoms with Gasteiger partial charge in [-0.05, 0) is 43.4 Å². The molecule has 1 amide bonds. The Labute approximate surface area is 154 Å². The van der Waals surface area contributed by atoms with E-state index >= 15 is 0 Å².